The van der Waals surface area contributed by atoms with Gasteiger partial charge in [-0.05, 0) is 9.91 Å². The summed E-state index contributed by atoms with van der Waals surface area (Å²) in [5.41, 5.74) is -0.0581. The van der Waals surface area contributed by atoms with Crippen LogP contribution in [0, 0.1) is 10.1 Å². The van der Waals surface area contributed by atoms with Crippen LogP contribution in [0.15, 0.2) is 24.7 Å². The summed E-state index contributed by atoms with van der Waals surface area (Å²) in [6.07, 6.45) is 2.33. The van der Waals surface area contributed by atoms with Crippen LogP contribution >= 0.6 is 0 Å². The molecule has 0 aliphatic carbocycles. The van der Waals surface area contributed by atoms with Crippen molar-refractivity contribution in [1.29, 1.82) is 0 Å². The van der Waals surface area contributed by atoms with Gasteiger partial charge in [0.05, 0.1) is 6.54 Å². The van der Waals surface area contributed by atoms with Crippen LogP contribution in [-0.2, 0) is 11.3 Å². The lowest BCUT2D eigenvalue weighted by Gasteiger charge is -1.98. The zero-order chi connectivity index (χ0) is 10.7. The second kappa shape index (κ2) is 3.69. The highest BCUT2D eigenvalue weighted by Crippen LogP contribution is 2.07. The molecular weight excluding hydrogens is 190 g/mol. The van der Waals surface area contributed by atoms with Crippen LogP contribution in [0.4, 0.5) is 5.82 Å². The molecule has 0 aliphatic rings. The zero-order valence-corrected chi connectivity index (χ0v) is 7.08. The third-order valence-electron chi connectivity index (χ3n) is 1.48. The quantitative estimate of drug-likeness (QED) is 0.428. The highest BCUT2D eigenvalue weighted by atomic mass is 16.6. The molecule has 0 amide bonds. The molecule has 0 aliphatic heterocycles. The first-order valence-corrected chi connectivity index (χ1v) is 3.58. The van der Waals surface area contributed by atoms with Crippen molar-refractivity contribution in [1.82, 2.24) is 9.55 Å². The first kappa shape index (κ1) is 9.90. The molecule has 0 saturated carbocycles. The Morgan fingerprint density at radius 3 is 2.86 bits per heavy atom. The highest BCUT2D eigenvalue weighted by Gasteiger charge is 2.11. The minimum absolute atomic E-state index is 0.0177. The van der Waals surface area contributed by atoms with E-state index in [0.29, 0.717) is 0 Å². The fourth-order valence-corrected chi connectivity index (χ4v) is 0.817. The highest BCUT2D eigenvalue weighted by molar-refractivity contribution is 5.85. The number of nitro groups is 1. The first-order valence-electron chi connectivity index (χ1n) is 3.58. The molecule has 0 fully saturated rings. The van der Waals surface area contributed by atoms with Gasteiger partial charge in [0.15, 0.2) is 0 Å². The summed E-state index contributed by atoms with van der Waals surface area (Å²) < 4.78 is 1.29. The van der Waals surface area contributed by atoms with Crippen molar-refractivity contribution in [2.45, 2.75) is 6.54 Å². The molecule has 1 N–H and O–H groups in total. The van der Waals surface area contributed by atoms with Gasteiger partial charge in [0.25, 0.3) is 0 Å². The summed E-state index contributed by atoms with van der Waals surface area (Å²) in [7, 11) is 0. The summed E-state index contributed by atoms with van der Waals surface area (Å²) in [5, 5.41) is 18.7. The number of nitrogens with zero attached hydrogens (tertiary/aromatic N) is 3. The van der Waals surface area contributed by atoms with Crippen molar-refractivity contribution >= 4 is 11.8 Å². The van der Waals surface area contributed by atoms with Gasteiger partial charge in [-0.2, -0.15) is 0 Å². The number of imidazole rings is 1. The Balaban J connectivity index is 2.74. The number of carboxylic acids is 1. The van der Waals surface area contributed by atoms with Crippen molar-refractivity contribution in [3.05, 3.63) is 34.8 Å². The van der Waals surface area contributed by atoms with Crippen molar-refractivity contribution in [2.24, 2.45) is 0 Å². The Morgan fingerprint density at radius 2 is 2.43 bits per heavy atom. The lowest BCUT2D eigenvalue weighted by Crippen LogP contribution is -2.06. The third kappa shape index (κ3) is 2.16. The second-order valence-electron chi connectivity index (χ2n) is 2.57. The van der Waals surface area contributed by atoms with Crippen LogP contribution in [0.3, 0.4) is 0 Å². The first-order chi connectivity index (χ1) is 6.50. The molecule has 1 aromatic rings. The van der Waals surface area contributed by atoms with Gasteiger partial charge in [0.1, 0.15) is 6.20 Å². The molecule has 1 heterocycles. The molecule has 0 aromatic carbocycles. The topological polar surface area (TPSA) is 98.3 Å². The lowest BCUT2D eigenvalue weighted by atomic mass is 10.3. The Hall–Kier alpha value is -2.18. The van der Waals surface area contributed by atoms with Gasteiger partial charge in [-0.3, -0.25) is 0 Å². The standard InChI is InChI=1S/C7H7N3O4/c1-5(7(11)12)2-9-3-6(8-4-9)10(13)14/h3-4H,1-2H2,(H,11,12). The maximum Gasteiger partial charge on any atom is 0.381 e. The summed E-state index contributed by atoms with van der Waals surface area (Å²) in [6, 6.07) is 0. The molecule has 0 bridgehead atoms. The Kier molecular flexibility index (Phi) is 2.61. The van der Waals surface area contributed by atoms with Gasteiger partial charge < -0.3 is 19.8 Å². The van der Waals surface area contributed by atoms with E-state index in [1.165, 1.54) is 10.9 Å². The number of aromatic nitrogens is 2. The van der Waals surface area contributed by atoms with Gasteiger partial charge in [-0.1, -0.05) is 6.58 Å². The molecule has 0 unspecified atom stereocenters. The molecule has 0 radical (unpaired) electrons. The summed E-state index contributed by atoms with van der Waals surface area (Å²) in [4.78, 5) is 23.4. The molecule has 7 heteroatoms. The van der Waals surface area contributed by atoms with Crippen LogP contribution in [0.1, 0.15) is 0 Å². The van der Waals surface area contributed by atoms with E-state index in [1.807, 2.05) is 0 Å². The van der Waals surface area contributed by atoms with Crippen molar-refractivity contribution in [2.75, 3.05) is 0 Å². The number of rotatable bonds is 4. The molecular formula is C7H7N3O4. The minimum Gasteiger partial charge on any atom is -0.478 e. The summed E-state index contributed by atoms with van der Waals surface area (Å²) in [5.74, 6) is -1.45. The summed E-state index contributed by atoms with van der Waals surface area (Å²) in [6.45, 7) is 3.27. The maximum atomic E-state index is 10.4. The van der Waals surface area contributed by atoms with E-state index in [0.717, 1.165) is 6.20 Å². The van der Waals surface area contributed by atoms with Gasteiger partial charge >= 0.3 is 11.8 Å². The summed E-state index contributed by atoms with van der Waals surface area (Å²) >= 11 is 0. The molecule has 1 rings (SSSR count). The Morgan fingerprint density at radius 1 is 1.79 bits per heavy atom. The average Bonchev–Trinajstić information content (AvgIpc) is 2.52. The number of carboxylic acid groups (broad SMARTS) is 1. The van der Waals surface area contributed by atoms with Crippen LogP contribution < -0.4 is 0 Å². The van der Waals surface area contributed by atoms with E-state index in [9.17, 15) is 14.9 Å². The van der Waals surface area contributed by atoms with Gasteiger partial charge in [0, 0.05) is 5.57 Å². The van der Waals surface area contributed by atoms with E-state index in [2.05, 4.69) is 11.6 Å². The smallest absolute Gasteiger partial charge is 0.381 e. The molecule has 0 atom stereocenters. The van der Waals surface area contributed by atoms with Gasteiger partial charge in [0.2, 0.25) is 6.33 Å². The molecule has 0 saturated heterocycles. The predicted molar refractivity (Wildman–Crippen MR) is 45.7 cm³/mol. The fourth-order valence-electron chi connectivity index (χ4n) is 0.817. The number of carbonyl (C=O) groups is 1. The SMILES string of the molecule is C=C(Cn1cnc([N+](=O)[O-])c1)C(=O)O. The number of hydrogen-bond acceptors (Lipinski definition) is 4. The van der Waals surface area contributed by atoms with Crippen molar-refractivity contribution in [3.63, 3.8) is 0 Å². The van der Waals surface area contributed by atoms with Crippen LogP contribution in [0.2, 0.25) is 0 Å². The minimum atomic E-state index is -1.14. The largest absolute Gasteiger partial charge is 0.478 e. The monoisotopic (exact) mass is 197 g/mol. The van der Waals surface area contributed by atoms with E-state index in [1.54, 1.807) is 0 Å². The van der Waals surface area contributed by atoms with Crippen molar-refractivity contribution in [3.8, 4) is 0 Å². The van der Waals surface area contributed by atoms with E-state index >= 15 is 0 Å². The molecule has 74 valence electrons. The molecule has 7 nitrogen and oxygen atoms in total. The van der Waals surface area contributed by atoms with Crippen LogP contribution in [0.5, 0.6) is 0 Å². The fraction of sp³-hybridized carbons (Fsp3) is 0.143. The molecule has 14 heavy (non-hydrogen) atoms. The predicted octanol–water partition coefficient (Wildman–Crippen LogP) is 0.432. The lowest BCUT2D eigenvalue weighted by molar-refractivity contribution is -0.389. The average molecular weight is 197 g/mol. The Bertz CT molecular complexity index is 395. The number of aliphatic carboxylic acids is 1. The van der Waals surface area contributed by atoms with Crippen molar-refractivity contribution < 1.29 is 14.8 Å². The van der Waals surface area contributed by atoms with E-state index in [-0.39, 0.29) is 17.9 Å². The number of hydrogen-bond donors (Lipinski definition) is 1. The second-order valence-corrected chi connectivity index (χ2v) is 2.57. The van der Waals surface area contributed by atoms with Crippen LogP contribution in [-0.4, -0.2) is 25.6 Å². The van der Waals surface area contributed by atoms with Gasteiger partial charge in [-0.25, -0.2) is 4.79 Å². The Labute approximate surface area is 78.4 Å². The zero-order valence-electron chi connectivity index (χ0n) is 7.08. The van der Waals surface area contributed by atoms with E-state index in [4.69, 9.17) is 5.11 Å². The normalized spacial score (nSPS) is 9.71. The third-order valence-corrected chi connectivity index (χ3v) is 1.48. The maximum absolute atomic E-state index is 10.4. The molecule has 1 aromatic heterocycles. The van der Waals surface area contributed by atoms with Crippen LogP contribution in [0.25, 0.3) is 0 Å². The molecule has 0 spiro atoms. The van der Waals surface area contributed by atoms with Gasteiger partial charge in [-0.15, -0.1) is 0 Å². The van der Waals surface area contributed by atoms with E-state index < -0.39 is 10.9 Å².